The van der Waals surface area contributed by atoms with Crippen LogP contribution in [-0.2, 0) is 9.53 Å². The van der Waals surface area contributed by atoms with Crippen LogP contribution >= 0.6 is 0 Å². The largest absolute Gasteiger partial charge is 0.480 e. The molecule has 0 fully saturated rings. The minimum atomic E-state index is -5.91. The first-order valence-corrected chi connectivity index (χ1v) is 5.96. The molecule has 0 aliphatic rings. The third-order valence-corrected chi connectivity index (χ3v) is 2.41. The number of aliphatic hydroxyl groups excluding tert-OH is 1. The van der Waals surface area contributed by atoms with Gasteiger partial charge in [-0.15, -0.1) is 0 Å². The van der Waals surface area contributed by atoms with Crippen LogP contribution in [0.2, 0.25) is 0 Å². The van der Waals surface area contributed by atoms with Crippen molar-refractivity contribution < 1.29 is 41.0 Å². The molecule has 24 heavy (non-hydrogen) atoms. The van der Waals surface area contributed by atoms with Crippen molar-refractivity contribution in [1.29, 1.82) is 5.26 Å². The van der Waals surface area contributed by atoms with Gasteiger partial charge >= 0.3 is 18.3 Å². The highest BCUT2D eigenvalue weighted by Crippen LogP contribution is 2.36. The maximum absolute atomic E-state index is 12.3. The van der Waals surface area contributed by atoms with Crippen LogP contribution in [0.1, 0.15) is 0 Å². The Bertz CT molecular complexity index is 647. The van der Waals surface area contributed by atoms with E-state index in [9.17, 15) is 36.2 Å². The first-order valence-electron chi connectivity index (χ1n) is 5.96. The summed E-state index contributed by atoms with van der Waals surface area (Å²) in [5.41, 5.74) is -1.36. The van der Waals surface area contributed by atoms with Crippen LogP contribution in [-0.4, -0.2) is 29.5 Å². The first-order chi connectivity index (χ1) is 11.0. The number of carbonyl (C=O) groups excluding carboxylic acids is 1. The molecule has 0 heterocycles. The summed E-state index contributed by atoms with van der Waals surface area (Å²) in [5, 5.41) is 19.9. The molecule has 5 nitrogen and oxygen atoms in total. The number of nitrogens with zero attached hydrogens (tertiary/aromatic N) is 1. The topological polar surface area (TPSA) is 82.4 Å². The Morgan fingerprint density at radius 2 is 1.62 bits per heavy atom. The number of rotatable bonds is 4. The second-order valence-electron chi connectivity index (χ2n) is 4.19. The van der Waals surface area contributed by atoms with Crippen LogP contribution in [0.5, 0.6) is 0 Å². The van der Waals surface area contributed by atoms with Crippen molar-refractivity contribution in [3.8, 4) is 6.07 Å². The van der Waals surface area contributed by atoms with E-state index in [-0.39, 0.29) is 5.69 Å². The fourth-order valence-electron chi connectivity index (χ4n) is 1.40. The van der Waals surface area contributed by atoms with Crippen molar-refractivity contribution in [2.24, 2.45) is 0 Å². The molecule has 0 aliphatic heterocycles. The van der Waals surface area contributed by atoms with Crippen molar-refractivity contribution in [2.45, 2.75) is 18.5 Å². The summed E-state index contributed by atoms with van der Waals surface area (Å²) in [6, 6.07) is 8.14. The molecule has 0 unspecified atom stereocenters. The molecular formula is C13H8F6N2O3. The molecule has 2 N–H and O–H groups in total. The van der Waals surface area contributed by atoms with E-state index in [1.807, 2.05) is 5.32 Å². The van der Waals surface area contributed by atoms with Crippen molar-refractivity contribution in [3.63, 3.8) is 0 Å². The Balaban J connectivity index is 3.06. The number of ether oxygens (including phenoxy) is 1. The molecule has 130 valence electrons. The zero-order valence-corrected chi connectivity index (χ0v) is 11.4. The van der Waals surface area contributed by atoms with Gasteiger partial charge in [0.15, 0.2) is 5.57 Å². The molecule has 0 aliphatic carbocycles. The molecule has 0 saturated heterocycles. The van der Waals surface area contributed by atoms with Crippen molar-refractivity contribution >= 4 is 11.6 Å². The zero-order chi connectivity index (χ0) is 18.5. The molecular weight excluding hydrogens is 346 g/mol. The highest BCUT2D eigenvalue weighted by Gasteiger charge is 2.59. The molecule has 0 bridgehead atoms. The van der Waals surface area contributed by atoms with Gasteiger partial charge in [-0.05, 0) is 12.1 Å². The molecule has 0 radical (unpaired) electrons. The van der Waals surface area contributed by atoms with E-state index in [0.717, 1.165) is 6.07 Å². The molecule has 1 rings (SSSR count). The summed E-state index contributed by atoms with van der Waals surface area (Å²) in [6.45, 7) is 0. The lowest BCUT2D eigenvalue weighted by atomic mass is 10.2. The number of para-hydroxylation sites is 1. The van der Waals surface area contributed by atoms with Crippen LogP contribution in [0, 0.1) is 11.3 Å². The number of hydrogen-bond acceptors (Lipinski definition) is 4. The van der Waals surface area contributed by atoms with E-state index < -0.39 is 35.9 Å². The second kappa shape index (κ2) is 7.12. The average Bonchev–Trinajstić information content (AvgIpc) is 2.44. The third kappa shape index (κ3) is 5.08. The van der Waals surface area contributed by atoms with Crippen LogP contribution in [0.25, 0.3) is 0 Å². The van der Waals surface area contributed by atoms with Gasteiger partial charge < -0.3 is 15.2 Å². The van der Waals surface area contributed by atoms with Crippen molar-refractivity contribution in [2.75, 3.05) is 5.32 Å². The molecule has 0 aromatic heterocycles. The lowest BCUT2D eigenvalue weighted by Crippen LogP contribution is -2.44. The minimum Gasteiger partial charge on any atom is -0.480 e. The fourth-order valence-corrected chi connectivity index (χ4v) is 1.40. The van der Waals surface area contributed by atoms with Gasteiger partial charge in [0.2, 0.25) is 0 Å². The maximum Gasteiger partial charge on any atom is 0.434 e. The molecule has 0 spiro atoms. The lowest BCUT2D eigenvalue weighted by Gasteiger charge is -2.23. The van der Waals surface area contributed by atoms with Gasteiger partial charge in [-0.2, -0.15) is 31.6 Å². The first kappa shape index (κ1) is 19.1. The summed E-state index contributed by atoms with van der Waals surface area (Å²) in [4.78, 5) is 11.7. The third-order valence-electron chi connectivity index (χ3n) is 2.41. The van der Waals surface area contributed by atoms with E-state index in [0.29, 0.717) is 0 Å². The smallest absolute Gasteiger partial charge is 0.434 e. The van der Waals surface area contributed by atoms with Gasteiger partial charge in [-0.3, -0.25) is 4.79 Å². The van der Waals surface area contributed by atoms with Crippen LogP contribution < -0.4 is 5.32 Å². The summed E-state index contributed by atoms with van der Waals surface area (Å²) in [6.07, 6.45) is -16.2. The number of amides is 1. The Morgan fingerprint density at radius 3 is 2.04 bits per heavy atom. The molecule has 1 aromatic rings. The highest BCUT2D eigenvalue weighted by molar-refractivity contribution is 6.06. The van der Waals surface area contributed by atoms with Gasteiger partial charge in [-0.25, -0.2) is 0 Å². The molecule has 1 amide bonds. The highest BCUT2D eigenvalue weighted by atomic mass is 19.4. The van der Waals surface area contributed by atoms with Gasteiger partial charge in [0, 0.05) is 5.69 Å². The summed E-state index contributed by atoms with van der Waals surface area (Å²) < 4.78 is 77.4. The quantitative estimate of drug-likeness (QED) is 0.376. The molecule has 0 atom stereocenters. The number of hydrogen-bond donors (Lipinski definition) is 2. The van der Waals surface area contributed by atoms with Crippen LogP contribution in [0.15, 0.2) is 41.9 Å². The number of nitrogens with one attached hydrogen (secondary N) is 1. The standard InChI is InChI=1S/C13H8F6N2O3/c14-12(15,16)11(13(17,18)19)24-10(23)8(6-20)9(22)21-7-4-2-1-3-5-7/h1-5,11,23H,(H,21,22)/b10-8-. The maximum atomic E-state index is 12.3. The number of benzene rings is 1. The minimum absolute atomic E-state index is 0.0891. The Morgan fingerprint density at radius 1 is 1.12 bits per heavy atom. The Labute approximate surface area is 130 Å². The van der Waals surface area contributed by atoms with E-state index in [4.69, 9.17) is 5.26 Å². The summed E-state index contributed by atoms with van der Waals surface area (Å²) >= 11 is 0. The zero-order valence-electron chi connectivity index (χ0n) is 11.4. The SMILES string of the molecule is N#C/C(C(=O)Nc1ccccc1)=C(\O)OC(C(F)(F)F)C(F)(F)F. The summed E-state index contributed by atoms with van der Waals surface area (Å²) in [5.74, 6) is -3.53. The monoisotopic (exact) mass is 354 g/mol. The lowest BCUT2D eigenvalue weighted by molar-refractivity contribution is -0.319. The van der Waals surface area contributed by atoms with Gasteiger partial charge in [0.25, 0.3) is 12.0 Å². The van der Waals surface area contributed by atoms with E-state index in [1.54, 1.807) is 6.07 Å². The number of halogens is 6. The van der Waals surface area contributed by atoms with E-state index >= 15 is 0 Å². The van der Waals surface area contributed by atoms with Crippen molar-refractivity contribution in [1.82, 2.24) is 0 Å². The average molecular weight is 354 g/mol. The number of carbonyl (C=O) groups is 1. The summed E-state index contributed by atoms with van der Waals surface area (Å²) in [7, 11) is 0. The number of aliphatic hydroxyl groups is 1. The second-order valence-corrected chi connectivity index (χ2v) is 4.19. The van der Waals surface area contributed by atoms with Gasteiger partial charge in [-0.1, -0.05) is 18.2 Å². The van der Waals surface area contributed by atoms with Crippen LogP contribution in [0.4, 0.5) is 32.0 Å². The Hall–Kier alpha value is -2.90. The number of alkyl halides is 6. The molecule has 0 saturated carbocycles. The predicted molar refractivity (Wildman–Crippen MR) is 67.3 cm³/mol. The van der Waals surface area contributed by atoms with Crippen LogP contribution in [0.3, 0.4) is 0 Å². The van der Waals surface area contributed by atoms with E-state index in [1.165, 1.54) is 24.3 Å². The van der Waals surface area contributed by atoms with Crippen molar-refractivity contribution in [3.05, 3.63) is 41.9 Å². The van der Waals surface area contributed by atoms with Gasteiger partial charge in [0.05, 0.1) is 0 Å². The molecule has 11 heteroatoms. The van der Waals surface area contributed by atoms with E-state index in [2.05, 4.69) is 4.74 Å². The molecule has 1 aromatic carbocycles. The number of nitriles is 1. The fraction of sp³-hybridized carbons (Fsp3) is 0.231. The number of anilines is 1. The Kier molecular flexibility index (Phi) is 5.68. The normalized spacial score (nSPS) is 13.1. The predicted octanol–water partition coefficient (Wildman–Crippen LogP) is 3.43. The van der Waals surface area contributed by atoms with Gasteiger partial charge in [0.1, 0.15) is 6.07 Å².